The van der Waals surface area contributed by atoms with Crippen LogP contribution in [0.1, 0.15) is 41.5 Å². The lowest BCUT2D eigenvalue weighted by atomic mass is 9.81. The number of ether oxygens (including phenoxy) is 2. The molecule has 0 aliphatic carbocycles. The van der Waals surface area contributed by atoms with Crippen LogP contribution in [-0.2, 0) is 0 Å². The van der Waals surface area contributed by atoms with E-state index in [-0.39, 0.29) is 17.0 Å². The fraction of sp³-hybridized carbons (Fsp3) is 0.400. The van der Waals surface area contributed by atoms with E-state index in [9.17, 15) is 0 Å². The van der Waals surface area contributed by atoms with Gasteiger partial charge in [0, 0.05) is 18.5 Å². The van der Waals surface area contributed by atoms with E-state index >= 15 is 0 Å². The Morgan fingerprint density at radius 3 is 2.29 bits per heavy atom. The Morgan fingerprint density at radius 1 is 0.958 bits per heavy atom. The molecular formula is C20H24BrNO2. The molecule has 0 spiro atoms. The molecule has 0 amide bonds. The maximum absolute atomic E-state index is 5.56. The van der Waals surface area contributed by atoms with Crippen LogP contribution >= 0.6 is 17.0 Å². The summed E-state index contributed by atoms with van der Waals surface area (Å²) in [5.41, 5.74) is 4.20. The lowest BCUT2D eigenvalue weighted by Gasteiger charge is -2.38. The zero-order valence-corrected chi connectivity index (χ0v) is 15.9. The van der Waals surface area contributed by atoms with Gasteiger partial charge in [-0.05, 0) is 48.2 Å². The Hall–Kier alpha value is -1.52. The molecule has 0 N–H and O–H groups in total. The molecule has 0 saturated carbocycles. The molecule has 1 saturated heterocycles. The van der Waals surface area contributed by atoms with E-state index < -0.39 is 0 Å². The first-order chi connectivity index (χ1) is 11.3. The van der Waals surface area contributed by atoms with E-state index in [1.54, 1.807) is 14.2 Å². The van der Waals surface area contributed by atoms with E-state index in [0.29, 0.717) is 12.0 Å². The highest BCUT2D eigenvalue weighted by atomic mass is 79.9. The first-order valence-electron chi connectivity index (χ1n) is 8.36. The second-order valence-corrected chi connectivity index (χ2v) is 6.45. The molecule has 3 nitrogen and oxygen atoms in total. The minimum Gasteiger partial charge on any atom is -0.493 e. The second-order valence-electron chi connectivity index (χ2n) is 6.45. The van der Waals surface area contributed by atoms with E-state index in [0.717, 1.165) is 18.0 Å². The molecule has 2 heterocycles. The van der Waals surface area contributed by atoms with Gasteiger partial charge in [-0.2, -0.15) is 0 Å². The largest absolute Gasteiger partial charge is 0.493 e. The van der Waals surface area contributed by atoms with Crippen molar-refractivity contribution < 1.29 is 9.47 Å². The zero-order valence-electron chi connectivity index (χ0n) is 14.2. The molecule has 4 heteroatoms. The summed E-state index contributed by atoms with van der Waals surface area (Å²) in [4.78, 5) is 2.63. The average molecular weight is 390 g/mol. The number of rotatable bonds is 3. The van der Waals surface area contributed by atoms with Crippen molar-refractivity contribution in [3.63, 3.8) is 0 Å². The first-order valence-corrected chi connectivity index (χ1v) is 8.36. The van der Waals surface area contributed by atoms with Gasteiger partial charge in [0.15, 0.2) is 11.5 Å². The van der Waals surface area contributed by atoms with Crippen LogP contribution in [0.4, 0.5) is 0 Å². The average Bonchev–Trinajstić information content (AvgIpc) is 3.09. The molecule has 24 heavy (non-hydrogen) atoms. The Balaban J connectivity index is 0.00000169. The van der Waals surface area contributed by atoms with Gasteiger partial charge in [0.25, 0.3) is 0 Å². The molecule has 4 rings (SSSR count). The molecule has 0 unspecified atom stereocenters. The van der Waals surface area contributed by atoms with Crippen LogP contribution < -0.4 is 9.47 Å². The van der Waals surface area contributed by atoms with Crippen molar-refractivity contribution in [2.75, 3.05) is 27.3 Å². The second kappa shape index (κ2) is 7.16. The van der Waals surface area contributed by atoms with Gasteiger partial charge in [-0.25, -0.2) is 0 Å². The minimum absolute atomic E-state index is 0. The molecular weight excluding hydrogens is 366 g/mol. The van der Waals surface area contributed by atoms with Crippen molar-refractivity contribution >= 4 is 17.0 Å². The third-order valence-electron chi connectivity index (χ3n) is 5.31. The lowest BCUT2D eigenvalue weighted by Crippen LogP contribution is -2.34. The molecule has 2 aliphatic rings. The molecule has 128 valence electrons. The van der Waals surface area contributed by atoms with Crippen LogP contribution in [0.3, 0.4) is 0 Å². The smallest absolute Gasteiger partial charge is 0.161 e. The van der Waals surface area contributed by atoms with Gasteiger partial charge >= 0.3 is 0 Å². The normalized spacial score (nSPS) is 22.2. The predicted molar refractivity (Wildman–Crippen MR) is 102 cm³/mol. The van der Waals surface area contributed by atoms with Gasteiger partial charge in [-0.3, -0.25) is 4.90 Å². The standard InChI is InChI=1S/C20H23NO2.BrH/c1-22-19-11-15-16(12-20(19)23-2)18-9-6-10-21(18)13-17(15)14-7-4-3-5-8-14;/h3-5,7-8,11-12,17-18H,6,9-10,13H2,1-2H3;1H/t17-,18-;/m0./s1. The fourth-order valence-corrected chi connectivity index (χ4v) is 4.20. The number of hydrogen-bond donors (Lipinski definition) is 0. The van der Waals surface area contributed by atoms with E-state index in [4.69, 9.17) is 9.47 Å². The summed E-state index contributed by atoms with van der Waals surface area (Å²) in [5.74, 6) is 2.07. The molecule has 0 radical (unpaired) electrons. The fourth-order valence-electron chi connectivity index (χ4n) is 4.20. The zero-order chi connectivity index (χ0) is 15.8. The highest BCUT2D eigenvalue weighted by molar-refractivity contribution is 8.93. The highest BCUT2D eigenvalue weighted by Crippen LogP contribution is 2.47. The number of methoxy groups -OCH3 is 2. The van der Waals surface area contributed by atoms with Crippen molar-refractivity contribution in [2.24, 2.45) is 0 Å². The molecule has 0 bridgehead atoms. The SMILES string of the molecule is Br.COc1cc2c(cc1OC)[C@@H]1CCCN1C[C@H]2c1ccccc1. The Kier molecular flexibility index (Phi) is 5.16. The molecule has 2 aromatic carbocycles. The van der Waals surface area contributed by atoms with Crippen molar-refractivity contribution in [3.8, 4) is 11.5 Å². The van der Waals surface area contributed by atoms with Crippen LogP contribution in [0.25, 0.3) is 0 Å². The van der Waals surface area contributed by atoms with Gasteiger partial charge in [0.1, 0.15) is 0 Å². The van der Waals surface area contributed by atoms with Crippen LogP contribution in [0.5, 0.6) is 11.5 Å². The highest BCUT2D eigenvalue weighted by Gasteiger charge is 2.37. The molecule has 2 aliphatic heterocycles. The Labute approximate surface area is 154 Å². The number of halogens is 1. The monoisotopic (exact) mass is 389 g/mol. The maximum atomic E-state index is 5.56. The molecule has 2 aromatic rings. The van der Waals surface area contributed by atoms with Crippen LogP contribution in [-0.4, -0.2) is 32.2 Å². The molecule has 0 aromatic heterocycles. The van der Waals surface area contributed by atoms with Crippen molar-refractivity contribution in [1.29, 1.82) is 0 Å². The van der Waals surface area contributed by atoms with E-state index in [1.165, 1.54) is 36.1 Å². The lowest BCUT2D eigenvalue weighted by molar-refractivity contribution is 0.228. The Morgan fingerprint density at radius 2 is 1.62 bits per heavy atom. The summed E-state index contributed by atoms with van der Waals surface area (Å²) < 4.78 is 11.1. The quantitative estimate of drug-likeness (QED) is 0.767. The summed E-state index contributed by atoms with van der Waals surface area (Å²) in [6, 6.07) is 15.7. The number of hydrogen-bond acceptors (Lipinski definition) is 3. The third kappa shape index (κ3) is 2.82. The first kappa shape index (κ1) is 17.3. The summed E-state index contributed by atoms with van der Waals surface area (Å²) in [5, 5.41) is 0. The number of benzene rings is 2. The van der Waals surface area contributed by atoms with Crippen LogP contribution in [0, 0.1) is 0 Å². The van der Waals surface area contributed by atoms with Gasteiger partial charge in [-0.15, -0.1) is 17.0 Å². The van der Waals surface area contributed by atoms with Crippen LogP contribution in [0.2, 0.25) is 0 Å². The van der Waals surface area contributed by atoms with Crippen molar-refractivity contribution in [2.45, 2.75) is 24.8 Å². The van der Waals surface area contributed by atoms with Gasteiger partial charge < -0.3 is 9.47 Å². The third-order valence-corrected chi connectivity index (χ3v) is 5.31. The topological polar surface area (TPSA) is 21.7 Å². The Bertz CT molecular complexity index is 704. The van der Waals surface area contributed by atoms with Gasteiger partial charge in [0.2, 0.25) is 0 Å². The number of nitrogens with zero attached hydrogens (tertiary/aromatic N) is 1. The summed E-state index contributed by atoms with van der Waals surface area (Å²) in [6.07, 6.45) is 2.52. The minimum atomic E-state index is 0. The van der Waals surface area contributed by atoms with E-state index in [1.807, 2.05) is 0 Å². The molecule has 2 atom stereocenters. The predicted octanol–water partition coefficient (Wildman–Crippen LogP) is 4.56. The maximum Gasteiger partial charge on any atom is 0.161 e. The number of fused-ring (bicyclic) bond motifs is 3. The summed E-state index contributed by atoms with van der Waals surface area (Å²) in [6.45, 7) is 2.29. The van der Waals surface area contributed by atoms with Gasteiger partial charge in [-0.1, -0.05) is 30.3 Å². The van der Waals surface area contributed by atoms with Gasteiger partial charge in [0.05, 0.1) is 14.2 Å². The van der Waals surface area contributed by atoms with E-state index in [2.05, 4.69) is 47.4 Å². The van der Waals surface area contributed by atoms with Crippen LogP contribution in [0.15, 0.2) is 42.5 Å². The van der Waals surface area contributed by atoms with Crippen molar-refractivity contribution in [1.82, 2.24) is 4.90 Å². The van der Waals surface area contributed by atoms with Crippen molar-refractivity contribution in [3.05, 3.63) is 59.2 Å². The summed E-state index contributed by atoms with van der Waals surface area (Å²) in [7, 11) is 3.43. The summed E-state index contributed by atoms with van der Waals surface area (Å²) >= 11 is 0. The molecule has 1 fully saturated rings.